The maximum Gasteiger partial charge on any atom is 0.265 e. The zero-order valence-electron chi connectivity index (χ0n) is 10.6. The van der Waals surface area contributed by atoms with Crippen molar-refractivity contribution < 1.29 is 21.9 Å². The summed E-state index contributed by atoms with van der Waals surface area (Å²) in [7, 11) is 0.888. The van der Waals surface area contributed by atoms with Crippen LogP contribution in [0.15, 0.2) is 17.0 Å². The average molecular weight is 326 g/mol. The molecule has 1 aromatic rings. The monoisotopic (exact) mass is 325 g/mol. The molecule has 0 radical (unpaired) electrons. The first-order valence-electron chi connectivity index (χ1n) is 6.17. The van der Waals surface area contributed by atoms with E-state index in [0.29, 0.717) is 18.7 Å². The number of hydrogen-bond donors (Lipinski definition) is 0. The van der Waals surface area contributed by atoms with Crippen LogP contribution in [0.1, 0.15) is 12.8 Å². The van der Waals surface area contributed by atoms with E-state index in [-0.39, 0.29) is 6.61 Å². The van der Waals surface area contributed by atoms with Crippen LogP contribution in [0, 0.1) is 11.6 Å². The second-order valence-corrected chi connectivity index (χ2v) is 7.08. The van der Waals surface area contributed by atoms with Crippen LogP contribution in [-0.2, 0) is 9.05 Å². The van der Waals surface area contributed by atoms with Gasteiger partial charge in [-0.25, -0.2) is 17.2 Å². The number of rotatable bonds is 5. The van der Waals surface area contributed by atoms with Crippen molar-refractivity contribution in [1.82, 2.24) is 4.90 Å². The summed E-state index contributed by atoms with van der Waals surface area (Å²) in [5.41, 5.74) is 0. The lowest BCUT2D eigenvalue weighted by Gasteiger charge is -2.16. The second kappa shape index (κ2) is 6.24. The van der Waals surface area contributed by atoms with E-state index < -0.39 is 31.3 Å². The molecule has 0 amide bonds. The Bertz CT molecular complexity index is 589. The quantitative estimate of drug-likeness (QED) is 0.780. The molecule has 1 aromatic carbocycles. The summed E-state index contributed by atoms with van der Waals surface area (Å²) in [5, 5.41) is 0. The fourth-order valence-electron chi connectivity index (χ4n) is 2.14. The van der Waals surface area contributed by atoms with Crippen LogP contribution in [0.25, 0.3) is 0 Å². The molecular formula is C12H14ClF2NO3S. The van der Waals surface area contributed by atoms with Gasteiger partial charge >= 0.3 is 0 Å². The van der Waals surface area contributed by atoms with Crippen LogP contribution in [0.5, 0.6) is 5.75 Å². The minimum Gasteiger partial charge on any atom is -0.488 e. The van der Waals surface area contributed by atoms with Gasteiger partial charge in [0, 0.05) is 23.3 Å². The Morgan fingerprint density at radius 1 is 1.25 bits per heavy atom. The second-order valence-electron chi connectivity index (χ2n) is 4.55. The summed E-state index contributed by atoms with van der Waals surface area (Å²) in [6.07, 6.45) is 2.21. The summed E-state index contributed by atoms with van der Waals surface area (Å²) < 4.78 is 54.5. The van der Waals surface area contributed by atoms with E-state index >= 15 is 0 Å². The van der Waals surface area contributed by atoms with Crippen molar-refractivity contribution in [3.8, 4) is 5.75 Å². The van der Waals surface area contributed by atoms with Crippen molar-refractivity contribution in [1.29, 1.82) is 0 Å². The fourth-order valence-corrected chi connectivity index (χ4v) is 3.12. The summed E-state index contributed by atoms with van der Waals surface area (Å²) in [5.74, 6) is -2.63. The minimum absolute atomic E-state index is 0.113. The topological polar surface area (TPSA) is 46.6 Å². The Labute approximate surface area is 120 Å². The highest BCUT2D eigenvalue weighted by Gasteiger charge is 2.23. The molecule has 112 valence electrons. The van der Waals surface area contributed by atoms with Crippen molar-refractivity contribution in [2.75, 3.05) is 26.2 Å². The third-order valence-corrected chi connectivity index (χ3v) is 4.42. The number of hydrogen-bond acceptors (Lipinski definition) is 4. The van der Waals surface area contributed by atoms with Crippen molar-refractivity contribution >= 4 is 19.7 Å². The molecule has 8 heteroatoms. The van der Waals surface area contributed by atoms with Gasteiger partial charge in [0.1, 0.15) is 17.3 Å². The van der Waals surface area contributed by atoms with Gasteiger partial charge in [0.25, 0.3) is 9.05 Å². The normalized spacial score (nSPS) is 16.6. The summed E-state index contributed by atoms with van der Waals surface area (Å²) >= 11 is 0. The largest absolute Gasteiger partial charge is 0.488 e. The van der Waals surface area contributed by atoms with Crippen molar-refractivity contribution in [3.63, 3.8) is 0 Å². The predicted octanol–water partition coefficient (Wildman–Crippen LogP) is 2.37. The Morgan fingerprint density at radius 3 is 2.50 bits per heavy atom. The molecule has 0 spiro atoms. The number of halogens is 3. The van der Waals surface area contributed by atoms with E-state index in [1.807, 2.05) is 0 Å². The van der Waals surface area contributed by atoms with Gasteiger partial charge in [0.2, 0.25) is 0 Å². The molecule has 1 fully saturated rings. The maximum absolute atomic E-state index is 13.6. The molecule has 0 saturated carbocycles. The molecule has 0 atom stereocenters. The van der Waals surface area contributed by atoms with Crippen LogP contribution in [0.3, 0.4) is 0 Å². The first kappa shape index (κ1) is 15.5. The first-order valence-corrected chi connectivity index (χ1v) is 8.48. The molecule has 0 aliphatic carbocycles. The molecule has 0 aromatic heterocycles. The van der Waals surface area contributed by atoms with Crippen LogP contribution in [-0.4, -0.2) is 39.6 Å². The third kappa shape index (κ3) is 3.80. The molecule has 0 bridgehead atoms. The smallest absolute Gasteiger partial charge is 0.265 e. The zero-order valence-corrected chi connectivity index (χ0v) is 12.2. The highest BCUT2D eigenvalue weighted by atomic mass is 35.7. The van der Waals surface area contributed by atoms with Gasteiger partial charge in [0.05, 0.1) is 0 Å². The van der Waals surface area contributed by atoms with E-state index in [4.69, 9.17) is 15.4 Å². The standard InChI is InChI=1S/C12H14ClF2NO3S/c13-20(17,18)11-8-9(14)7-10(15)12(11)19-6-5-16-3-1-2-4-16/h7-8H,1-6H2. The third-order valence-electron chi connectivity index (χ3n) is 3.09. The first-order chi connectivity index (χ1) is 9.38. The minimum atomic E-state index is -4.27. The highest BCUT2D eigenvalue weighted by molar-refractivity contribution is 8.13. The van der Waals surface area contributed by atoms with Crippen molar-refractivity contribution in [3.05, 3.63) is 23.8 Å². The zero-order chi connectivity index (χ0) is 14.8. The van der Waals surface area contributed by atoms with E-state index in [0.717, 1.165) is 25.9 Å². The van der Waals surface area contributed by atoms with Gasteiger partial charge in [-0.1, -0.05) is 0 Å². The Hall–Kier alpha value is -0.920. The number of nitrogens with zero attached hydrogens (tertiary/aromatic N) is 1. The van der Waals surface area contributed by atoms with Crippen LogP contribution in [0.2, 0.25) is 0 Å². The van der Waals surface area contributed by atoms with Gasteiger partial charge in [-0.15, -0.1) is 0 Å². The molecule has 4 nitrogen and oxygen atoms in total. The lowest BCUT2D eigenvalue weighted by atomic mass is 10.3. The predicted molar refractivity (Wildman–Crippen MR) is 70.6 cm³/mol. The Balaban J connectivity index is 2.13. The van der Waals surface area contributed by atoms with Gasteiger partial charge in [-0.3, -0.25) is 4.90 Å². The molecule has 1 heterocycles. The van der Waals surface area contributed by atoms with E-state index in [9.17, 15) is 17.2 Å². The highest BCUT2D eigenvalue weighted by Crippen LogP contribution is 2.30. The summed E-state index contributed by atoms with van der Waals surface area (Å²) in [6.45, 7) is 2.55. The van der Waals surface area contributed by atoms with Gasteiger partial charge in [-0.05, 0) is 32.0 Å². The van der Waals surface area contributed by atoms with E-state index in [1.165, 1.54) is 0 Å². The Morgan fingerprint density at radius 2 is 1.90 bits per heavy atom. The van der Waals surface area contributed by atoms with Gasteiger partial charge < -0.3 is 4.74 Å². The fraction of sp³-hybridized carbons (Fsp3) is 0.500. The summed E-state index contributed by atoms with van der Waals surface area (Å²) in [6, 6.07) is 1.22. The maximum atomic E-state index is 13.6. The van der Waals surface area contributed by atoms with E-state index in [2.05, 4.69) is 4.90 Å². The number of benzene rings is 1. The molecule has 0 unspecified atom stereocenters. The molecule has 2 rings (SSSR count). The van der Waals surface area contributed by atoms with E-state index in [1.54, 1.807) is 0 Å². The lowest BCUT2D eigenvalue weighted by molar-refractivity contribution is 0.226. The molecule has 1 aliphatic rings. The number of ether oxygens (including phenoxy) is 1. The van der Waals surface area contributed by atoms with Crippen molar-refractivity contribution in [2.45, 2.75) is 17.7 Å². The molecule has 1 aliphatic heterocycles. The molecule has 0 N–H and O–H groups in total. The van der Waals surface area contributed by atoms with Crippen LogP contribution >= 0.6 is 10.7 Å². The van der Waals surface area contributed by atoms with Gasteiger partial charge in [0.15, 0.2) is 11.6 Å². The van der Waals surface area contributed by atoms with Crippen LogP contribution in [0.4, 0.5) is 8.78 Å². The molecular weight excluding hydrogens is 312 g/mol. The van der Waals surface area contributed by atoms with Gasteiger partial charge in [-0.2, -0.15) is 0 Å². The Kier molecular flexibility index (Phi) is 4.82. The SMILES string of the molecule is O=S(=O)(Cl)c1cc(F)cc(F)c1OCCN1CCCC1. The lowest BCUT2D eigenvalue weighted by Crippen LogP contribution is -2.25. The molecule has 20 heavy (non-hydrogen) atoms. The average Bonchev–Trinajstić information content (AvgIpc) is 2.83. The summed E-state index contributed by atoms with van der Waals surface area (Å²) in [4.78, 5) is 1.44. The molecule has 1 saturated heterocycles. The van der Waals surface area contributed by atoms with Crippen LogP contribution < -0.4 is 4.74 Å². The van der Waals surface area contributed by atoms with Crippen molar-refractivity contribution in [2.24, 2.45) is 0 Å². The number of likely N-dealkylation sites (tertiary alicyclic amines) is 1.